The lowest BCUT2D eigenvalue weighted by Crippen LogP contribution is -2.53. The fraction of sp³-hybridized carbons (Fsp3) is 0.707. The minimum atomic E-state index is -0.618. The average molecular weight is 1520 g/mol. The third-order valence-corrected chi connectivity index (χ3v) is 24.6. The summed E-state index contributed by atoms with van der Waals surface area (Å²) in [7, 11) is 2.01. The Bertz CT molecular complexity index is 3350. The number of carbonyl (C=O) groups excluding carboxylic acids is 1. The summed E-state index contributed by atoms with van der Waals surface area (Å²) in [5.41, 5.74) is 5.17. The van der Waals surface area contributed by atoms with Crippen molar-refractivity contribution in [2.45, 2.75) is 173 Å². The van der Waals surface area contributed by atoms with Crippen LogP contribution >= 0.6 is 22.9 Å². The number of aliphatic hydroxyl groups excluding tert-OH is 1. The molecule has 8 atom stereocenters. The van der Waals surface area contributed by atoms with Gasteiger partial charge in [-0.05, 0) is 173 Å². The Morgan fingerprint density at radius 2 is 1.25 bits per heavy atom. The molecule has 2 aromatic carbocycles. The number of benzene rings is 2. The topological polar surface area (TPSA) is 236 Å². The molecule has 3 aromatic heterocycles. The standard InChI is InChI=1S/C82H123ClN6O16S/c1-80-28-24-69(90)58-65(80)16-21-70-72-22-23-75(81(72,2)29-25-73(70)80)82(3,92)27-9-5-6-10-32-93-34-36-95-38-40-97-42-43-99-44-45-100-48-49-102-52-53-104-61-67-60-88(87-86-67)31-33-94-35-37-96-39-41-98-46-47-101-50-51-103-54-55-105-76-57-64(26-30-85-76)63-13-11-12-62(56-63)59-89(68-19-17-66(84-4)18-20-68)79(91)78-77(83)71-14-7-8-15-74(71)106-78/h7-8,11-16,26,30,56-57,60,66,68-70,72-73,75,84,90,92H,5-6,9-10,17-25,27-29,31-55,58-59,61H2,1-4H3/t66?,68?,69-,70-,72-,73-,75?,80-,81-,82?/m0/s1. The fourth-order valence-corrected chi connectivity index (χ4v) is 18.7. The summed E-state index contributed by atoms with van der Waals surface area (Å²) < 4.78 is 76.8. The van der Waals surface area contributed by atoms with Crippen LogP contribution in [0.2, 0.25) is 5.02 Å². The van der Waals surface area contributed by atoms with E-state index in [2.05, 4.69) is 65.7 Å². The monoisotopic (exact) mass is 1510 g/mol. The Kier molecular flexibility index (Phi) is 35.6. The van der Waals surface area contributed by atoms with E-state index in [-0.39, 0.29) is 28.9 Å². The van der Waals surface area contributed by atoms with Gasteiger partial charge < -0.3 is 82.0 Å². The number of halogens is 1. The molecule has 0 saturated heterocycles. The average Bonchev–Trinajstić information content (AvgIpc) is 1.48. The van der Waals surface area contributed by atoms with Gasteiger partial charge in [0.2, 0.25) is 5.88 Å². The van der Waals surface area contributed by atoms with Crippen molar-refractivity contribution in [3.63, 3.8) is 0 Å². The maximum absolute atomic E-state index is 14.4. The van der Waals surface area contributed by atoms with Crippen LogP contribution in [0.4, 0.5) is 0 Å². The Hall–Kier alpha value is -4.61. The van der Waals surface area contributed by atoms with Crippen LogP contribution in [0.5, 0.6) is 5.88 Å². The largest absolute Gasteiger partial charge is 0.475 e. The summed E-state index contributed by atoms with van der Waals surface area (Å²) in [6.45, 7) is 20.1. The third-order valence-electron chi connectivity index (χ3n) is 22.9. The van der Waals surface area contributed by atoms with Crippen LogP contribution in [-0.4, -0.2) is 230 Å². The summed E-state index contributed by atoms with van der Waals surface area (Å²) in [4.78, 5) is 21.5. The van der Waals surface area contributed by atoms with Crippen molar-refractivity contribution in [2.75, 3.05) is 166 Å². The van der Waals surface area contributed by atoms with Crippen LogP contribution in [0.25, 0.3) is 21.2 Å². The van der Waals surface area contributed by atoms with Gasteiger partial charge in [0, 0.05) is 47.6 Å². The molecule has 3 N–H and O–H groups in total. The normalized spacial score (nSPS) is 23.5. The molecular formula is C82H123ClN6O16S. The SMILES string of the molecule is CNC1CCC(N(Cc2cccc(-c3ccnc(OCCOCCOCCOCCOCCOCCn4cc(COCCOCCOCCOCCOCCOCCOCCCCCCC(C)(O)C5CC[C@H]6[C@@H]7CC=C8C[C@@H](O)CC[C@]8(C)[C@H]7CC[C@]56C)nn4)c3)c2)C(=O)c2sc3ccccc3c2Cl)CC1. The van der Waals surface area contributed by atoms with E-state index in [9.17, 15) is 15.0 Å². The molecule has 0 radical (unpaired) electrons. The maximum atomic E-state index is 14.4. The molecule has 0 bridgehead atoms. The number of ether oxygens (including phenoxy) is 13. The first-order valence-electron chi connectivity index (χ1n) is 39.6. The van der Waals surface area contributed by atoms with E-state index in [1.807, 2.05) is 60.6 Å². The Morgan fingerprint density at radius 3 is 1.89 bits per heavy atom. The molecule has 106 heavy (non-hydrogen) atoms. The van der Waals surface area contributed by atoms with Gasteiger partial charge in [0.25, 0.3) is 5.91 Å². The van der Waals surface area contributed by atoms with E-state index in [1.165, 1.54) is 42.6 Å². The van der Waals surface area contributed by atoms with Gasteiger partial charge in [-0.2, -0.15) is 0 Å². The van der Waals surface area contributed by atoms with Crippen LogP contribution in [0.15, 0.2) is 84.7 Å². The molecule has 2 unspecified atom stereocenters. The number of rotatable bonds is 53. The summed E-state index contributed by atoms with van der Waals surface area (Å²) in [5.74, 6) is 3.03. The highest BCUT2D eigenvalue weighted by molar-refractivity contribution is 7.21. The van der Waals surface area contributed by atoms with Gasteiger partial charge >= 0.3 is 0 Å². The predicted molar refractivity (Wildman–Crippen MR) is 411 cm³/mol. The Balaban J connectivity index is 0.438. The number of aliphatic hydroxyl groups is 2. The van der Waals surface area contributed by atoms with Crippen LogP contribution in [-0.2, 0) is 76.5 Å². The third kappa shape index (κ3) is 25.5. The second-order valence-electron chi connectivity index (χ2n) is 30.0. The first kappa shape index (κ1) is 83.9. The first-order valence-corrected chi connectivity index (χ1v) is 40.8. The quantitative estimate of drug-likeness (QED) is 0.0242. The predicted octanol–water partition coefficient (Wildman–Crippen LogP) is 12.8. The zero-order chi connectivity index (χ0) is 74.1. The van der Waals surface area contributed by atoms with Gasteiger partial charge in [-0.15, -0.1) is 16.4 Å². The summed E-state index contributed by atoms with van der Waals surface area (Å²) in [6, 6.07) is 20.8. The van der Waals surface area contributed by atoms with Crippen molar-refractivity contribution in [2.24, 2.45) is 34.5 Å². The van der Waals surface area contributed by atoms with Crippen molar-refractivity contribution in [3.05, 3.63) is 106 Å². The van der Waals surface area contributed by atoms with Gasteiger partial charge in [0.15, 0.2) is 0 Å². The van der Waals surface area contributed by atoms with Crippen LogP contribution in [0, 0.1) is 34.5 Å². The van der Waals surface area contributed by atoms with E-state index in [4.69, 9.17) is 73.2 Å². The maximum Gasteiger partial charge on any atom is 0.266 e. The minimum absolute atomic E-state index is 0.0131. The smallest absolute Gasteiger partial charge is 0.266 e. The van der Waals surface area contributed by atoms with E-state index in [0.717, 1.165) is 134 Å². The number of unbranched alkanes of at least 4 members (excludes halogenated alkanes) is 3. The first-order chi connectivity index (χ1) is 51.8. The molecule has 24 heteroatoms. The molecule has 5 aromatic rings. The summed E-state index contributed by atoms with van der Waals surface area (Å²) in [5, 5.41) is 35.6. The molecule has 1 amide bonds. The zero-order valence-corrected chi connectivity index (χ0v) is 65.4. The van der Waals surface area contributed by atoms with Gasteiger partial charge in [-0.25, -0.2) is 9.67 Å². The second-order valence-corrected chi connectivity index (χ2v) is 31.4. The molecule has 590 valence electrons. The number of hydrogen-bond donors (Lipinski definition) is 3. The number of nitrogens with zero attached hydrogens (tertiary/aromatic N) is 5. The van der Waals surface area contributed by atoms with Crippen molar-refractivity contribution in [1.82, 2.24) is 30.2 Å². The molecule has 22 nitrogen and oxygen atoms in total. The lowest BCUT2D eigenvalue weighted by molar-refractivity contribution is -0.105. The number of nitrogens with one attached hydrogen (secondary N) is 1. The van der Waals surface area contributed by atoms with E-state index < -0.39 is 5.60 Å². The minimum Gasteiger partial charge on any atom is -0.475 e. The highest BCUT2D eigenvalue weighted by atomic mass is 35.5. The van der Waals surface area contributed by atoms with Crippen LogP contribution in [0.3, 0.4) is 0 Å². The second kappa shape index (κ2) is 45.0. The van der Waals surface area contributed by atoms with Gasteiger partial charge in [-0.1, -0.05) is 98.0 Å². The highest BCUT2D eigenvalue weighted by Gasteiger charge is 2.61. The van der Waals surface area contributed by atoms with Crippen molar-refractivity contribution in [1.29, 1.82) is 0 Å². The summed E-state index contributed by atoms with van der Waals surface area (Å²) >= 11 is 8.35. The number of pyridine rings is 1. The number of fused-ring (bicyclic) bond motifs is 6. The van der Waals surface area contributed by atoms with Gasteiger partial charge in [-0.3, -0.25) is 4.79 Å². The van der Waals surface area contributed by atoms with E-state index in [1.54, 1.807) is 10.9 Å². The molecule has 3 heterocycles. The lowest BCUT2D eigenvalue weighted by atomic mass is 9.46. The number of amides is 1. The highest BCUT2D eigenvalue weighted by Crippen LogP contribution is 2.68. The number of carbonyl (C=O) groups is 1. The molecule has 0 spiro atoms. The van der Waals surface area contributed by atoms with Crippen molar-refractivity contribution < 1.29 is 76.6 Å². The molecule has 5 aliphatic rings. The fourth-order valence-electron chi connectivity index (χ4n) is 17.3. The van der Waals surface area contributed by atoms with Gasteiger partial charge in [0.05, 0.1) is 181 Å². The molecular weight excluding hydrogens is 1390 g/mol. The van der Waals surface area contributed by atoms with Crippen molar-refractivity contribution in [3.8, 4) is 17.0 Å². The molecule has 4 saturated carbocycles. The number of aromatic nitrogens is 4. The molecule has 4 fully saturated rings. The van der Waals surface area contributed by atoms with Crippen LogP contribution < -0.4 is 10.1 Å². The summed E-state index contributed by atoms with van der Waals surface area (Å²) in [6.07, 6.45) is 24.1. The number of hydrogen-bond acceptors (Lipinski definition) is 21. The Morgan fingerprint density at radius 1 is 0.651 bits per heavy atom. The van der Waals surface area contributed by atoms with E-state index in [0.29, 0.717) is 205 Å². The molecule has 0 aliphatic heterocycles. The lowest BCUT2D eigenvalue weighted by Gasteiger charge is -2.59. The van der Waals surface area contributed by atoms with Gasteiger partial charge in [0.1, 0.15) is 17.2 Å². The molecule has 10 rings (SSSR count). The molecule has 5 aliphatic carbocycles. The van der Waals surface area contributed by atoms with E-state index >= 15 is 0 Å². The zero-order valence-electron chi connectivity index (χ0n) is 63.8. The van der Waals surface area contributed by atoms with Crippen molar-refractivity contribution >= 4 is 38.9 Å². The van der Waals surface area contributed by atoms with Crippen LogP contribution in [0.1, 0.15) is 151 Å². The Labute approximate surface area is 638 Å². The number of allylic oxidation sites excluding steroid dienone is 1. The number of thiophene rings is 1.